The largest absolute Gasteiger partial charge is 0.465 e. The molecule has 3 rings (SSSR count). The average Bonchev–Trinajstić information content (AvgIpc) is 3.19. The third-order valence-electron chi connectivity index (χ3n) is 5.85. The normalized spacial score (nSPS) is 22.8. The number of piperidine rings is 1. The van der Waals surface area contributed by atoms with Crippen LogP contribution in [0.15, 0.2) is 30.3 Å². The maximum atomic E-state index is 13.1. The molecule has 2 heterocycles. The molecule has 1 unspecified atom stereocenters. The minimum Gasteiger partial charge on any atom is -0.465 e. The molecule has 154 valence electrons. The van der Waals surface area contributed by atoms with Crippen molar-refractivity contribution in [2.75, 3.05) is 31.9 Å². The highest BCUT2D eigenvalue weighted by atomic mass is 32.2. The second-order valence-electron chi connectivity index (χ2n) is 7.50. The summed E-state index contributed by atoms with van der Waals surface area (Å²) in [6.45, 7) is 0.820. The van der Waals surface area contributed by atoms with Gasteiger partial charge in [-0.15, -0.1) is 0 Å². The molecular formula is C18H25N3O6S. The van der Waals surface area contributed by atoms with Crippen LogP contribution in [0.3, 0.4) is 0 Å². The maximum Gasteiger partial charge on any atom is 0.407 e. The van der Waals surface area contributed by atoms with Gasteiger partial charge in [-0.2, -0.15) is 0 Å². The van der Waals surface area contributed by atoms with Gasteiger partial charge in [0, 0.05) is 26.2 Å². The summed E-state index contributed by atoms with van der Waals surface area (Å²) in [7, 11) is -3.76. The molecule has 1 atom stereocenters. The van der Waals surface area contributed by atoms with Crippen LogP contribution in [0.5, 0.6) is 0 Å². The van der Waals surface area contributed by atoms with Crippen LogP contribution in [-0.4, -0.2) is 71.9 Å². The van der Waals surface area contributed by atoms with Crippen molar-refractivity contribution in [3.8, 4) is 0 Å². The lowest BCUT2D eigenvalue weighted by Gasteiger charge is -2.39. The van der Waals surface area contributed by atoms with Crippen molar-refractivity contribution in [1.29, 1.82) is 0 Å². The van der Waals surface area contributed by atoms with Gasteiger partial charge in [0.05, 0.1) is 11.2 Å². The van der Waals surface area contributed by atoms with E-state index in [4.69, 9.17) is 10.3 Å². The average molecular weight is 411 g/mol. The van der Waals surface area contributed by atoms with E-state index >= 15 is 0 Å². The Kier molecular flexibility index (Phi) is 5.92. The molecule has 2 amide bonds. The Balaban J connectivity index is 1.74. The van der Waals surface area contributed by atoms with E-state index in [9.17, 15) is 18.0 Å². The van der Waals surface area contributed by atoms with Crippen LogP contribution in [0.4, 0.5) is 4.79 Å². The fourth-order valence-corrected chi connectivity index (χ4v) is 6.19. The van der Waals surface area contributed by atoms with E-state index in [0.717, 1.165) is 10.5 Å². The molecule has 1 aromatic carbocycles. The van der Waals surface area contributed by atoms with Crippen LogP contribution >= 0.6 is 0 Å². The number of sulfonamides is 1. The first-order valence-corrected chi connectivity index (χ1v) is 10.8. The highest BCUT2D eigenvalue weighted by Gasteiger charge is 2.47. The molecule has 2 saturated heterocycles. The molecule has 2 fully saturated rings. The molecule has 2 aliphatic heterocycles. The van der Waals surface area contributed by atoms with Crippen LogP contribution in [-0.2, 0) is 14.8 Å². The number of nitrogens with zero attached hydrogens (tertiary/aromatic N) is 2. The first kappa shape index (κ1) is 20.6. The van der Waals surface area contributed by atoms with Gasteiger partial charge in [-0.05, 0) is 30.7 Å². The van der Waals surface area contributed by atoms with Gasteiger partial charge in [-0.3, -0.25) is 10.0 Å². The standard InChI is InChI=1S/C18H25N3O6S/c22-16(19-25)18(7-10-20(11-8-18)17(23)24)13-28(26,27)21-9-6-15(12-21)14-4-2-1-3-5-14/h1-5,15,25H,6-13H2,(H,19,22)(H,23,24). The summed E-state index contributed by atoms with van der Waals surface area (Å²) in [5, 5.41) is 18.2. The quantitative estimate of drug-likeness (QED) is 0.491. The van der Waals surface area contributed by atoms with E-state index in [-0.39, 0.29) is 31.8 Å². The predicted octanol–water partition coefficient (Wildman–Crippen LogP) is 1.07. The van der Waals surface area contributed by atoms with Crippen molar-refractivity contribution in [2.24, 2.45) is 5.41 Å². The van der Waals surface area contributed by atoms with Crippen molar-refractivity contribution in [2.45, 2.75) is 25.2 Å². The van der Waals surface area contributed by atoms with Gasteiger partial charge in [0.25, 0.3) is 5.91 Å². The van der Waals surface area contributed by atoms with Crippen molar-refractivity contribution < 1.29 is 28.3 Å². The number of hydrogen-bond donors (Lipinski definition) is 3. The monoisotopic (exact) mass is 411 g/mol. The van der Waals surface area contributed by atoms with Crippen LogP contribution in [0.2, 0.25) is 0 Å². The molecule has 0 spiro atoms. The number of carbonyl (C=O) groups excluding carboxylic acids is 1. The highest BCUT2D eigenvalue weighted by molar-refractivity contribution is 7.89. The topological polar surface area (TPSA) is 127 Å². The molecule has 0 radical (unpaired) electrons. The Bertz CT molecular complexity index is 821. The van der Waals surface area contributed by atoms with Gasteiger partial charge < -0.3 is 10.0 Å². The van der Waals surface area contributed by atoms with E-state index in [1.165, 1.54) is 4.31 Å². The predicted molar refractivity (Wildman–Crippen MR) is 100 cm³/mol. The van der Waals surface area contributed by atoms with Gasteiger partial charge in [0.15, 0.2) is 0 Å². The molecule has 2 aliphatic rings. The second-order valence-corrected chi connectivity index (χ2v) is 9.47. The van der Waals surface area contributed by atoms with Gasteiger partial charge in [0.2, 0.25) is 10.0 Å². The number of rotatable bonds is 5. The van der Waals surface area contributed by atoms with E-state index in [1.807, 2.05) is 30.3 Å². The van der Waals surface area contributed by atoms with Crippen molar-refractivity contribution >= 4 is 22.0 Å². The first-order valence-electron chi connectivity index (χ1n) is 9.23. The molecule has 0 bridgehead atoms. The molecule has 10 heteroatoms. The lowest BCUT2D eigenvalue weighted by molar-refractivity contribution is -0.141. The fourth-order valence-electron chi connectivity index (χ4n) is 4.10. The summed E-state index contributed by atoms with van der Waals surface area (Å²) in [5.41, 5.74) is 1.32. The minimum atomic E-state index is -3.76. The summed E-state index contributed by atoms with van der Waals surface area (Å²) in [6.07, 6.45) is -0.317. The molecule has 9 nitrogen and oxygen atoms in total. The number of amides is 2. The van der Waals surface area contributed by atoms with E-state index in [0.29, 0.717) is 19.5 Å². The highest BCUT2D eigenvalue weighted by Crippen LogP contribution is 2.36. The Morgan fingerprint density at radius 3 is 2.36 bits per heavy atom. The third kappa shape index (κ3) is 4.13. The summed E-state index contributed by atoms with van der Waals surface area (Å²) in [4.78, 5) is 24.6. The summed E-state index contributed by atoms with van der Waals surface area (Å²) < 4.78 is 27.5. The number of carbonyl (C=O) groups is 2. The maximum absolute atomic E-state index is 13.1. The van der Waals surface area contributed by atoms with E-state index < -0.39 is 33.2 Å². The number of hydroxylamine groups is 1. The Morgan fingerprint density at radius 1 is 1.14 bits per heavy atom. The molecule has 28 heavy (non-hydrogen) atoms. The van der Waals surface area contributed by atoms with E-state index in [2.05, 4.69) is 0 Å². The summed E-state index contributed by atoms with van der Waals surface area (Å²) >= 11 is 0. The number of carboxylic acid groups (broad SMARTS) is 1. The number of hydrogen-bond acceptors (Lipinski definition) is 5. The SMILES string of the molecule is O=C(O)N1CCC(CS(=O)(=O)N2CCC(c3ccccc3)C2)(C(=O)NO)CC1. The zero-order valence-corrected chi connectivity index (χ0v) is 16.3. The number of likely N-dealkylation sites (tertiary alicyclic amines) is 1. The molecule has 0 saturated carbocycles. The molecule has 0 aromatic heterocycles. The third-order valence-corrected chi connectivity index (χ3v) is 7.88. The van der Waals surface area contributed by atoms with Crippen LogP contribution in [0.1, 0.15) is 30.7 Å². The van der Waals surface area contributed by atoms with E-state index in [1.54, 1.807) is 5.48 Å². The lowest BCUT2D eigenvalue weighted by Crippen LogP contribution is -2.53. The minimum absolute atomic E-state index is 0.0425. The Labute approximate surface area is 163 Å². The number of nitrogens with one attached hydrogen (secondary N) is 1. The molecule has 3 N–H and O–H groups in total. The molecule has 0 aliphatic carbocycles. The Hall–Kier alpha value is -2.17. The van der Waals surface area contributed by atoms with Gasteiger partial charge in [0.1, 0.15) is 0 Å². The van der Waals surface area contributed by atoms with Crippen LogP contribution < -0.4 is 5.48 Å². The van der Waals surface area contributed by atoms with Gasteiger partial charge >= 0.3 is 6.09 Å². The summed E-state index contributed by atoms with van der Waals surface area (Å²) in [5.74, 6) is -1.12. The van der Waals surface area contributed by atoms with Crippen molar-refractivity contribution in [1.82, 2.24) is 14.7 Å². The van der Waals surface area contributed by atoms with Crippen molar-refractivity contribution in [3.05, 3.63) is 35.9 Å². The van der Waals surface area contributed by atoms with Crippen LogP contribution in [0, 0.1) is 5.41 Å². The summed E-state index contributed by atoms with van der Waals surface area (Å²) in [6, 6.07) is 9.70. The second kappa shape index (κ2) is 8.06. The zero-order chi connectivity index (χ0) is 20.4. The molecular weight excluding hydrogens is 386 g/mol. The number of benzene rings is 1. The van der Waals surface area contributed by atoms with Crippen LogP contribution in [0.25, 0.3) is 0 Å². The zero-order valence-electron chi connectivity index (χ0n) is 15.5. The van der Waals surface area contributed by atoms with Gasteiger partial charge in [-0.1, -0.05) is 30.3 Å². The van der Waals surface area contributed by atoms with Crippen molar-refractivity contribution in [3.63, 3.8) is 0 Å². The Morgan fingerprint density at radius 2 is 1.79 bits per heavy atom. The lowest BCUT2D eigenvalue weighted by atomic mass is 9.79. The van der Waals surface area contributed by atoms with Gasteiger partial charge in [-0.25, -0.2) is 23.0 Å². The first-order chi connectivity index (χ1) is 13.3. The molecule has 1 aromatic rings. The smallest absolute Gasteiger partial charge is 0.407 e. The fraction of sp³-hybridized carbons (Fsp3) is 0.556.